The maximum absolute atomic E-state index is 12.8. The molecule has 2 aliphatic heterocycles. The third kappa shape index (κ3) is 2.81. The monoisotopic (exact) mass is 496 g/mol. The van der Waals surface area contributed by atoms with Crippen LogP contribution < -0.4 is 10.7 Å². The number of amides is 1. The number of carbonyl (C=O) groups is 1. The molecule has 0 aromatic heterocycles. The van der Waals surface area contributed by atoms with Crippen LogP contribution in [0.1, 0.15) is 37.7 Å². The molecule has 2 saturated carbocycles. The Morgan fingerprint density at radius 2 is 2.00 bits per heavy atom. The third-order valence-corrected chi connectivity index (χ3v) is 8.36. The van der Waals surface area contributed by atoms with Gasteiger partial charge in [0.05, 0.1) is 23.9 Å². The Labute approximate surface area is 177 Å². The number of fused-ring (bicyclic) bond motifs is 3. The van der Waals surface area contributed by atoms with Crippen molar-refractivity contribution in [2.75, 3.05) is 0 Å². The van der Waals surface area contributed by atoms with Crippen molar-refractivity contribution in [3.05, 3.63) is 34.9 Å². The van der Waals surface area contributed by atoms with Crippen LogP contribution in [-0.2, 0) is 10.2 Å². The SMILES string of the molecule is N#CC1C2NC(=O)C3CC(I)CCC3N2NC1C1(c2ccc(Cl)cc2)CC1. The van der Waals surface area contributed by atoms with Gasteiger partial charge >= 0.3 is 0 Å². The van der Waals surface area contributed by atoms with Crippen molar-refractivity contribution < 1.29 is 4.79 Å². The van der Waals surface area contributed by atoms with Crippen molar-refractivity contribution in [2.24, 2.45) is 11.8 Å². The highest BCUT2D eigenvalue weighted by Gasteiger charge is 2.62. The van der Waals surface area contributed by atoms with E-state index in [0.717, 1.165) is 37.1 Å². The van der Waals surface area contributed by atoms with E-state index in [9.17, 15) is 10.1 Å². The lowest BCUT2D eigenvalue weighted by Gasteiger charge is -2.45. The Morgan fingerprint density at radius 1 is 1.26 bits per heavy atom. The molecule has 1 amide bonds. The van der Waals surface area contributed by atoms with Gasteiger partial charge in [0.1, 0.15) is 6.17 Å². The van der Waals surface area contributed by atoms with E-state index in [0.29, 0.717) is 3.92 Å². The average molecular weight is 497 g/mol. The van der Waals surface area contributed by atoms with Crippen LogP contribution in [0.5, 0.6) is 0 Å². The summed E-state index contributed by atoms with van der Waals surface area (Å²) in [6, 6.07) is 10.8. The maximum atomic E-state index is 12.8. The molecule has 2 heterocycles. The number of halogens is 2. The van der Waals surface area contributed by atoms with E-state index in [2.05, 4.69) is 56.5 Å². The number of hydrogen-bond acceptors (Lipinski definition) is 4. The predicted molar refractivity (Wildman–Crippen MR) is 111 cm³/mol. The number of hydrazine groups is 1. The number of rotatable bonds is 2. The Hall–Kier alpha value is -0.880. The summed E-state index contributed by atoms with van der Waals surface area (Å²) >= 11 is 8.54. The molecule has 7 heteroatoms. The van der Waals surface area contributed by atoms with Crippen LogP contribution in [-0.4, -0.2) is 33.1 Å². The average Bonchev–Trinajstić information content (AvgIpc) is 3.38. The minimum atomic E-state index is -0.259. The zero-order valence-corrected chi connectivity index (χ0v) is 17.8. The van der Waals surface area contributed by atoms with Crippen LogP contribution in [0, 0.1) is 23.2 Å². The number of nitrogens with one attached hydrogen (secondary N) is 2. The van der Waals surface area contributed by atoms with Crippen LogP contribution in [0.2, 0.25) is 5.02 Å². The van der Waals surface area contributed by atoms with Gasteiger partial charge in [0.15, 0.2) is 0 Å². The fourth-order valence-electron chi connectivity index (χ4n) is 5.42. The first-order chi connectivity index (χ1) is 13.0. The second kappa shape index (κ2) is 6.58. The summed E-state index contributed by atoms with van der Waals surface area (Å²) in [6.07, 6.45) is 4.94. The van der Waals surface area contributed by atoms with Crippen LogP contribution in [0.25, 0.3) is 0 Å². The molecule has 27 heavy (non-hydrogen) atoms. The Kier molecular flexibility index (Phi) is 4.43. The summed E-state index contributed by atoms with van der Waals surface area (Å²) in [6.45, 7) is 0. The van der Waals surface area contributed by atoms with E-state index < -0.39 is 0 Å². The smallest absolute Gasteiger partial charge is 0.226 e. The molecule has 6 atom stereocenters. The fourth-order valence-corrected chi connectivity index (χ4v) is 6.45. The van der Waals surface area contributed by atoms with Gasteiger partial charge in [-0.1, -0.05) is 46.3 Å². The van der Waals surface area contributed by atoms with E-state index in [4.69, 9.17) is 11.6 Å². The molecule has 2 aliphatic carbocycles. The lowest BCUT2D eigenvalue weighted by Crippen LogP contribution is -2.65. The van der Waals surface area contributed by atoms with Gasteiger partial charge in [-0.05, 0) is 49.8 Å². The summed E-state index contributed by atoms with van der Waals surface area (Å²) < 4.78 is 0.556. The minimum absolute atomic E-state index is 0.0186. The molecule has 5 rings (SSSR count). The summed E-state index contributed by atoms with van der Waals surface area (Å²) in [5.74, 6) is -0.111. The lowest BCUT2D eigenvalue weighted by atomic mass is 9.79. The molecule has 4 aliphatic rings. The molecular formula is C20H22ClIN4O. The predicted octanol–water partition coefficient (Wildman–Crippen LogP) is 3.13. The Bertz CT molecular complexity index is 805. The number of benzene rings is 1. The molecule has 2 saturated heterocycles. The van der Waals surface area contributed by atoms with Gasteiger partial charge in [0.2, 0.25) is 5.91 Å². The molecule has 1 aromatic rings. The van der Waals surface area contributed by atoms with Gasteiger partial charge in [0.25, 0.3) is 0 Å². The van der Waals surface area contributed by atoms with Crippen molar-refractivity contribution in [1.29, 1.82) is 5.26 Å². The maximum Gasteiger partial charge on any atom is 0.226 e. The van der Waals surface area contributed by atoms with Crippen molar-refractivity contribution in [3.8, 4) is 6.07 Å². The van der Waals surface area contributed by atoms with Gasteiger partial charge in [-0.3, -0.25) is 4.79 Å². The molecule has 4 fully saturated rings. The van der Waals surface area contributed by atoms with E-state index >= 15 is 0 Å². The first kappa shape index (κ1) is 18.2. The number of hydrogen-bond donors (Lipinski definition) is 2. The largest absolute Gasteiger partial charge is 0.338 e. The molecule has 5 nitrogen and oxygen atoms in total. The summed E-state index contributed by atoms with van der Waals surface area (Å²) in [5.41, 5.74) is 4.91. The molecule has 0 spiro atoms. The summed E-state index contributed by atoms with van der Waals surface area (Å²) in [7, 11) is 0. The highest BCUT2D eigenvalue weighted by molar-refractivity contribution is 14.1. The van der Waals surface area contributed by atoms with E-state index in [1.54, 1.807) is 0 Å². The molecule has 6 unspecified atom stereocenters. The van der Waals surface area contributed by atoms with E-state index in [-0.39, 0.29) is 41.4 Å². The van der Waals surface area contributed by atoms with Gasteiger partial charge in [-0.25, -0.2) is 10.4 Å². The zero-order valence-electron chi connectivity index (χ0n) is 14.9. The minimum Gasteiger partial charge on any atom is -0.338 e. The zero-order chi connectivity index (χ0) is 18.8. The van der Waals surface area contributed by atoms with Crippen LogP contribution in [0.15, 0.2) is 24.3 Å². The lowest BCUT2D eigenvalue weighted by molar-refractivity contribution is -0.139. The van der Waals surface area contributed by atoms with Crippen molar-refractivity contribution >= 4 is 40.1 Å². The molecule has 0 radical (unpaired) electrons. The van der Waals surface area contributed by atoms with Gasteiger partial charge in [0, 0.05) is 20.4 Å². The fraction of sp³-hybridized carbons (Fsp3) is 0.600. The molecule has 0 bridgehead atoms. The van der Waals surface area contributed by atoms with E-state index in [1.807, 2.05) is 12.1 Å². The van der Waals surface area contributed by atoms with Crippen LogP contribution >= 0.6 is 34.2 Å². The van der Waals surface area contributed by atoms with Gasteiger partial charge in [-0.2, -0.15) is 5.26 Å². The molecule has 1 aromatic carbocycles. The highest BCUT2D eigenvalue weighted by Crippen LogP contribution is 2.55. The van der Waals surface area contributed by atoms with Crippen molar-refractivity contribution in [2.45, 2.75) is 59.7 Å². The molecule has 142 valence electrons. The summed E-state index contributed by atoms with van der Waals surface area (Å²) in [5, 5.41) is 16.1. The molecular weight excluding hydrogens is 475 g/mol. The second-order valence-electron chi connectivity index (χ2n) is 8.37. The number of nitriles is 1. The Balaban J connectivity index is 1.47. The Morgan fingerprint density at radius 3 is 2.67 bits per heavy atom. The third-order valence-electron chi connectivity index (χ3n) is 6.97. The standard InChI is InChI=1S/C20H22ClIN4O/c21-12-3-1-11(2-4-12)20(7-8-20)17-15(10-23)18-24-19(27)14-9-13(22)5-6-16(14)26(18)25-17/h1-4,13-18,25H,5-9H2,(H,24,27). The van der Waals surface area contributed by atoms with E-state index in [1.165, 1.54) is 5.56 Å². The van der Waals surface area contributed by atoms with Gasteiger partial charge in [-0.15, -0.1) is 0 Å². The number of alkyl halides is 1. The van der Waals surface area contributed by atoms with Crippen molar-refractivity contribution in [3.63, 3.8) is 0 Å². The number of carbonyl (C=O) groups excluding carboxylic acids is 1. The van der Waals surface area contributed by atoms with Crippen molar-refractivity contribution in [1.82, 2.24) is 15.8 Å². The second-order valence-corrected chi connectivity index (χ2v) is 10.6. The normalized spacial score (nSPS) is 39.8. The molecule has 2 N–H and O–H groups in total. The van der Waals surface area contributed by atoms with Crippen LogP contribution in [0.4, 0.5) is 0 Å². The number of nitrogens with zero attached hydrogens (tertiary/aromatic N) is 2. The van der Waals surface area contributed by atoms with Gasteiger partial charge < -0.3 is 5.32 Å². The first-order valence-corrected chi connectivity index (χ1v) is 11.3. The summed E-state index contributed by atoms with van der Waals surface area (Å²) in [4.78, 5) is 12.8. The first-order valence-electron chi connectivity index (χ1n) is 9.68. The topological polar surface area (TPSA) is 68.2 Å². The van der Waals surface area contributed by atoms with Crippen LogP contribution in [0.3, 0.4) is 0 Å². The quantitative estimate of drug-likeness (QED) is 0.488. The highest BCUT2D eigenvalue weighted by atomic mass is 127.